The third kappa shape index (κ3) is 6.88. The molecule has 1 saturated carbocycles. The number of aliphatic imine (C=N–C) groups is 1. The van der Waals surface area contributed by atoms with Gasteiger partial charge in [-0.05, 0) is 58.6 Å². The summed E-state index contributed by atoms with van der Waals surface area (Å²) in [5.74, 6) is -5.16. The van der Waals surface area contributed by atoms with Gasteiger partial charge in [-0.2, -0.15) is 0 Å². The SMILES string of the molecule is C=C1C(C/N=C(\C)C(=O)/C=C(/C)CC(F)(/C=C/C)CC)C(=N)CC[C@H]1C(F)(F)C(=C)C. The number of nitrogens with one attached hydrogen (secondary N) is 1. The van der Waals surface area contributed by atoms with E-state index in [0.717, 1.165) is 0 Å². The Hall–Kier alpha value is -2.24. The van der Waals surface area contributed by atoms with Crippen molar-refractivity contribution < 1.29 is 18.0 Å². The molecule has 1 aliphatic rings. The second-order valence-electron chi connectivity index (χ2n) is 8.49. The molecule has 0 aromatic carbocycles. The van der Waals surface area contributed by atoms with E-state index in [2.05, 4.69) is 18.2 Å². The highest BCUT2D eigenvalue weighted by Gasteiger charge is 2.46. The van der Waals surface area contributed by atoms with Gasteiger partial charge >= 0.3 is 0 Å². The zero-order chi connectivity index (χ0) is 24.0. The Bertz CT molecular complexity index is 823. The number of hydrogen-bond donors (Lipinski definition) is 1. The van der Waals surface area contributed by atoms with Gasteiger partial charge in [-0.1, -0.05) is 43.4 Å². The first-order valence-electron chi connectivity index (χ1n) is 10.6. The fourth-order valence-electron chi connectivity index (χ4n) is 3.81. The van der Waals surface area contributed by atoms with E-state index in [9.17, 15) is 18.0 Å². The normalized spacial score (nSPS) is 23.2. The lowest BCUT2D eigenvalue weighted by Crippen LogP contribution is -2.39. The molecule has 0 aromatic rings. The number of nitrogens with zero attached hydrogens (tertiary/aromatic N) is 1. The number of hydrogen-bond acceptors (Lipinski definition) is 3. The molecular weight excluding hydrogens is 401 g/mol. The van der Waals surface area contributed by atoms with Gasteiger partial charge in [-0.15, -0.1) is 0 Å². The van der Waals surface area contributed by atoms with Crippen LogP contribution in [-0.4, -0.2) is 35.3 Å². The summed E-state index contributed by atoms with van der Waals surface area (Å²) in [5.41, 5.74) is -0.379. The van der Waals surface area contributed by atoms with E-state index < -0.39 is 23.4 Å². The molecule has 172 valence electrons. The van der Waals surface area contributed by atoms with Crippen molar-refractivity contribution in [3.63, 3.8) is 0 Å². The lowest BCUT2D eigenvalue weighted by molar-refractivity contribution is -0.109. The number of rotatable bonds is 10. The number of ketones is 1. The van der Waals surface area contributed by atoms with Crippen molar-refractivity contribution in [2.45, 2.75) is 71.9 Å². The molecule has 3 atom stereocenters. The maximum absolute atomic E-state index is 14.7. The van der Waals surface area contributed by atoms with Crippen molar-refractivity contribution in [3.05, 3.63) is 48.1 Å². The van der Waals surface area contributed by atoms with Crippen molar-refractivity contribution in [1.82, 2.24) is 0 Å². The quantitative estimate of drug-likeness (QED) is 0.227. The van der Waals surface area contributed by atoms with Crippen LogP contribution in [0.4, 0.5) is 13.2 Å². The summed E-state index contributed by atoms with van der Waals surface area (Å²) in [6.07, 6.45) is 5.30. The Morgan fingerprint density at radius 2 is 1.90 bits per heavy atom. The van der Waals surface area contributed by atoms with Crippen LogP contribution in [0.25, 0.3) is 0 Å². The van der Waals surface area contributed by atoms with Crippen LogP contribution in [0, 0.1) is 17.2 Å². The average Bonchev–Trinajstić information content (AvgIpc) is 2.67. The number of carbonyl (C=O) groups excluding carboxylic acids is 1. The average molecular weight is 437 g/mol. The third-order valence-corrected chi connectivity index (χ3v) is 5.90. The predicted octanol–water partition coefficient (Wildman–Crippen LogP) is 6.86. The summed E-state index contributed by atoms with van der Waals surface area (Å²) in [7, 11) is 0. The van der Waals surface area contributed by atoms with Gasteiger partial charge in [-0.25, -0.2) is 13.2 Å². The highest BCUT2D eigenvalue weighted by Crippen LogP contribution is 2.44. The van der Waals surface area contributed by atoms with Crippen LogP contribution in [0.2, 0.25) is 0 Å². The summed E-state index contributed by atoms with van der Waals surface area (Å²) in [4.78, 5) is 16.7. The second kappa shape index (κ2) is 10.9. The lowest BCUT2D eigenvalue weighted by Gasteiger charge is -2.36. The van der Waals surface area contributed by atoms with Crippen molar-refractivity contribution in [3.8, 4) is 0 Å². The Morgan fingerprint density at radius 1 is 1.29 bits per heavy atom. The highest BCUT2D eigenvalue weighted by atomic mass is 19.3. The Labute approximate surface area is 184 Å². The topological polar surface area (TPSA) is 53.3 Å². The number of carbonyl (C=O) groups is 1. The maximum Gasteiger partial charge on any atom is 0.275 e. The molecule has 0 radical (unpaired) electrons. The molecule has 0 heterocycles. The van der Waals surface area contributed by atoms with Crippen LogP contribution in [0.5, 0.6) is 0 Å². The van der Waals surface area contributed by atoms with Crippen LogP contribution in [0.3, 0.4) is 0 Å². The number of allylic oxidation sites excluding steroid dienone is 5. The summed E-state index contributed by atoms with van der Waals surface area (Å²) in [6.45, 7) is 15.3. The minimum absolute atomic E-state index is 0.0193. The minimum atomic E-state index is -3.09. The van der Waals surface area contributed by atoms with E-state index in [4.69, 9.17) is 5.41 Å². The molecule has 3 nitrogen and oxygen atoms in total. The van der Waals surface area contributed by atoms with Gasteiger partial charge in [0, 0.05) is 24.0 Å². The number of alkyl halides is 3. The molecule has 0 aliphatic heterocycles. The standard InChI is InChI=1S/C25H35F3N2O/c1-8-12-24(26,9-2)14-17(5)13-23(31)19(7)30-15-20-18(6)21(10-11-22(20)29)25(27,28)16(3)4/h8,12-13,20-21,29H,3,6,9-11,14-15H2,1-2,4-5,7H3/b12-8+,17-13-,29-22?,30-19+/t20?,21-,24?/m1/s1. The molecule has 1 N–H and O–H groups in total. The van der Waals surface area contributed by atoms with Crippen LogP contribution < -0.4 is 0 Å². The lowest BCUT2D eigenvalue weighted by atomic mass is 9.72. The molecule has 2 unspecified atom stereocenters. The predicted molar refractivity (Wildman–Crippen MR) is 123 cm³/mol. The van der Waals surface area contributed by atoms with Crippen molar-refractivity contribution >= 4 is 17.2 Å². The molecule has 1 aliphatic carbocycles. The zero-order valence-corrected chi connectivity index (χ0v) is 19.3. The Morgan fingerprint density at radius 3 is 2.42 bits per heavy atom. The second-order valence-corrected chi connectivity index (χ2v) is 8.49. The molecule has 1 rings (SSSR count). The molecule has 0 bridgehead atoms. The largest absolute Gasteiger partial charge is 0.309 e. The van der Waals surface area contributed by atoms with Gasteiger partial charge in [0.25, 0.3) is 5.92 Å². The Kier molecular flexibility index (Phi) is 9.40. The molecule has 0 spiro atoms. The summed E-state index contributed by atoms with van der Waals surface area (Å²) in [6, 6.07) is 0. The monoisotopic (exact) mass is 436 g/mol. The first kappa shape index (κ1) is 26.8. The van der Waals surface area contributed by atoms with Crippen LogP contribution >= 0.6 is 0 Å². The molecular formula is C25H35F3N2O. The van der Waals surface area contributed by atoms with Crippen molar-refractivity contribution in [1.29, 1.82) is 5.41 Å². The zero-order valence-electron chi connectivity index (χ0n) is 19.3. The van der Waals surface area contributed by atoms with E-state index >= 15 is 0 Å². The first-order valence-corrected chi connectivity index (χ1v) is 10.6. The van der Waals surface area contributed by atoms with Gasteiger partial charge in [0.1, 0.15) is 5.67 Å². The highest BCUT2D eigenvalue weighted by molar-refractivity contribution is 6.43. The summed E-state index contributed by atoms with van der Waals surface area (Å²) in [5, 5.41) is 8.16. The van der Waals surface area contributed by atoms with Gasteiger partial charge in [0.2, 0.25) is 0 Å². The van der Waals surface area contributed by atoms with Gasteiger partial charge in [0.15, 0.2) is 5.78 Å². The van der Waals surface area contributed by atoms with E-state index in [1.807, 2.05) is 0 Å². The molecule has 0 amide bonds. The minimum Gasteiger partial charge on any atom is -0.309 e. The van der Waals surface area contributed by atoms with E-state index in [0.29, 0.717) is 17.7 Å². The summed E-state index contributed by atoms with van der Waals surface area (Å²) < 4.78 is 43.7. The molecule has 0 saturated heterocycles. The van der Waals surface area contributed by atoms with Gasteiger partial charge < -0.3 is 5.41 Å². The third-order valence-electron chi connectivity index (χ3n) is 5.90. The van der Waals surface area contributed by atoms with Gasteiger partial charge in [-0.3, -0.25) is 9.79 Å². The fourth-order valence-corrected chi connectivity index (χ4v) is 3.81. The van der Waals surface area contributed by atoms with E-state index in [-0.39, 0.29) is 48.4 Å². The molecule has 6 heteroatoms. The smallest absolute Gasteiger partial charge is 0.275 e. The van der Waals surface area contributed by atoms with Crippen LogP contribution in [-0.2, 0) is 4.79 Å². The van der Waals surface area contributed by atoms with Gasteiger partial charge in [0.05, 0.1) is 12.3 Å². The Balaban J connectivity index is 2.93. The van der Waals surface area contributed by atoms with Crippen molar-refractivity contribution in [2.24, 2.45) is 16.8 Å². The fraction of sp³-hybridized carbons (Fsp3) is 0.560. The molecule has 1 fully saturated rings. The summed E-state index contributed by atoms with van der Waals surface area (Å²) >= 11 is 0. The van der Waals surface area contributed by atoms with Crippen LogP contribution in [0.15, 0.2) is 53.1 Å². The number of halogens is 3. The molecule has 0 aromatic heterocycles. The van der Waals surface area contributed by atoms with Crippen LogP contribution in [0.1, 0.15) is 60.3 Å². The van der Waals surface area contributed by atoms with E-state index in [1.54, 1.807) is 26.8 Å². The van der Waals surface area contributed by atoms with E-state index in [1.165, 1.54) is 26.0 Å². The van der Waals surface area contributed by atoms with Crippen molar-refractivity contribution in [2.75, 3.05) is 6.54 Å². The maximum atomic E-state index is 14.7. The first-order chi connectivity index (χ1) is 14.3. The molecule has 31 heavy (non-hydrogen) atoms.